The van der Waals surface area contributed by atoms with Crippen LogP contribution in [0.1, 0.15) is 6.42 Å². The number of carbonyl (C=O) groups excluding carboxylic acids is 2. The fourth-order valence-electron chi connectivity index (χ4n) is 0.854. The van der Waals surface area contributed by atoms with Gasteiger partial charge in [-0.3, -0.25) is 4.79 Å². The number of amides is 1. The maximum Gasteiger partial charge on any atom is 0.329 e. The van der Waals surface area contributed by atoms with E-state index in [2.05, 4.69) is 16.6 Å². The van der Waals surface area contributed by atoms with Crippen LogP contribution in [0.5, 0.6) is 0 Å². The Morgan fingerprint density at radius 2 is 2.45 bits per heavy atom. The van der Waals surface area contributed by atoms with Crippen molar-refractivity contribution >= 4 is 11.9 Å². The first-order valence-electron chi connectivity index (χ1n) is 3.31. The van der Waals surface area contributed by atoms with Crippen LogP contribution in [-0.2, 0) is 14.3 Å². The molecule has 4 nitrogen and oxygen atoms in total. The van der Waals surface area contributed by atoms with E-state index in [0.29, 0.717) is 6.42 Å². The van der Waals surface area contributed by atoms with Crippen LogP contribution in [0.25, 0.3) is 0 Å². The first-order valence-corrected chi connectivity index (χ1v) is 3.31. The Labute approximate surface area is 64.2 Å². The summed E-state index contributed by atoms with van der Waals surface area (Å²) >= 11 is 0. The molecular formula is C7H9NO3. The average molecular weight is 155 g/mol. The van der Waals surface area contributed by atoms with Gasteiger partial charge < -0.3 is 10.1 Å². The minimum absolute atomic E-state index is 0.160. The molecular weight excluding hydrogens is 146 g/mol. The molecule has 0 spiro atoms. The van der Waals surface area contributed by atoms with Gasteiger partial charge in [0.2, 0.25) is 0 Å². The van der Waals surface area contributed by atoms with Gasteiger partial charge in [-0.2, -0.15) is 0 Å². The number of hydrogen-bond donors (Lipinski definition) is 1. The van der Waals surface area contributed by atoms with E-state index >= 15 is 0 Å². The molecule has 0 aromatic carbocycles. The highest BCUT2D eigenvalue weighted by molar-refractivity contribution is 5.90. The zero-order chi connectivity index (χ0) is 8.27. The first-order chi connectivity index (χ1) is 5.24. The Morgan fingerprint density at radius 3 is 3.09 bits per heavy atom. The van der Waals surface area contributed by atoms with Crippen LogP contribution in [0.4, 0.5) is 0 Å². The third kappa shape index (κ3) is 1.80. The van der Waals surface area contributed by atoms with Gasteiger partial charge in [0.15, 0.2) is 6.61 Å². The molecule has 1 atom stereocenters. The fourth-order valence-corrected chi connectivity index (χ4v) is 0.854. The summed E-state index contributed by atoms with van der Waals surface area (Å²) in [4.78, 5) is 21.5. The third-order valence-electron chi connectivity index (χ3n) is 1.37. The number of hydrogen-bond acceptors (Lipinski definition) is 3. The lowest BCUT2D eigenvalue weighted by Gasteiger charge is -2.20. The first kappa shape index (κ1) is 7.78. The minimum atomic E-state index is -0.534. The van der Waals surface area contributed by atoms with Gasteiger partial charge in [0.05, 0.1) is 0 Å². The van der Waals surface area contributed by atoms with Crippen LogP contribution in [0.2, 0.25) is 0 Å². The molecule has 1 heterocycles. The summed E-state index contributed by atoms with van der Waals surface area (Å²) < 4.78 is 4.56. The highest BCUT2D eigenvalue weighted by Crippen LogP contribution is 2.00. The van der Waals surface area contributed by atoms with Crippen molar-refractivity contribution in [1.82, 2.24) is 5.32 Å². The minimum Gasteiger partial charge on any atom is -0.454 e. The van der Waals surface area contributed by atoms with Gasteiger partial charge in [0, 0.05) is 0 Å². The van der Waals surface area contributed by atoms with Crippen LogP contribution < -0.4 is 5.32 Å². The van der Waals surface area contributed by atoms with Gasteiger partial charge in [-0.05, 0) is 6.42 Å². The molecule has 4 heteroatoms. The smallest absolute Gasteiger partial charge is 0.329 e. The fraction of sp³-hybridized carbons (Fsp3) is 0.429. The molecule has 1 aliphatic rings. The van der Waals surface area contributed by atoms with E-state index < -0.39 is 6.04 Å². The Balaban J connectivity index is 2.53. The molecule has 1 aliphatic heterocycles. The summed E-state index contributed by atoms with van der Waals surface area (Å²) in [6.07, 6.45) is 1.99. The van der Waals surface area contributed by atoms with Gasteiger partial charge in [0.1, 0.15) is 6.04 Å². The van der Waals surface area contributed by atoms with E-state index in [9.17, 15) is 9.59 Å². The molecule has 0 radical (unpaired) electrons. The Bertz CT molecular complexity index is 200. The average Bonchev–Trinajstić information content (AvgIpc) is 1.98. The summed E-state index contributed by atoms with van der Waals surface area (Å²) in [5.74, 6) is -0.638. The number of esters is 1. The second-order valence-corrected chi connectivity index (χ2v) is 2.25. The van der Waals surface area contributed by atoms with Crippen molar-refractivity contribution in [2.75, 3.05) is 6.61 Å². The second-order valence-electron chi connectivity index (χ2n) is 2.25. The number of carbonyl (C=O) groups is 2. The molecule has 1 N–H and O–H groups in total. The summed E-state index contributed by atoms with van der Waals surface area (Å²) in [5.41, 5.74) is 0. The molecule has 0 aliphatic carbocycles. The lowest BCUT2D eigenvalue weighted by molar-refractivity contribution is -0.157. The molecule has 0 unspecified atom stereocenters. The molecule has 1 fully saturated rings. The predicted octanol–water partition coefficient (Wildman–Crippen LogP) is -0.396. The standard InChI is InChI=1S/C7H9NO3/c1-2-3-5-7(10)11-4-6(9)8-5/h2,5H,1,3-4H2,(H,8,9)/t5-/m0/s1. The number of cyclic esters (lactones) is 1. The van der Waals surface area contributed by atoms with E-state index in [4.69, 9.17) is 0 Å². The van der Waals surface area contributed by atoms with Crippen molar-refractivity contribution in [3.63, 3.8) is 0 Å². The molecule has 0 saturated carbocycles. The van der Waals surface area contributed by atoms with E-state index in [1.165, 1.54) is 0 Å². The van der Waals surface area contributed by atoms with Crippen LogP contribution in [0, 0.1) is 0 Å². The van der Waals surface area contributed by atoms with Crippen molar-refractivity contribution in [2.45, 2.75) is 12.5 Å². The number of nitrogens with one attached hydrogen (secondary N) is 1. The van der Waals surface area contributed by atoms with Gasteiger partial charge in [-0.25, -0.2) is 4.79 Å². The van der Waals surface area contributed by atoms with Crippen molar-refractivity contribution in [2.24, 2.45) is 0 Å². The van der Waals surface area contributed by atoms with Crippen molar-refractivity contribution in [3.8, 4) is 0 Å². The maximum absolute atomic E-state index is 10.8. The number of ether oxygens (including phenoxy) is 1. The SMILES string of the molecule is C=CC[C@@H]1NC(=O)COC1=O. The van der Waals surface area contributed by atoms with Crippen molar-refractivity contribution in [1.29, 1.82) is 0 Å². The Kier molecular flexibility index (Phi) is 2.25. The molecule has 1 rings (SSSR count). The second kappa shape index (κ2) is 3.18. The van der Waals surface area contributed by atoms with Gasteiger partial charge in [-0.15, -0.1) is 6.58 Å². The summed E-state index contributed by atoms with van der Waals surface area (Å²) in [5, 5.41) is 2.48. The van der Waals surface area contributed by atoms with Crippen molar-refractivity contribution < 1.29 is 14.3 Å². The van der Waals surface area contributed by atoms with E-state index in [0.717, 1.165) is 0 Å². The Hall–Kier alpha value is -1.32. The largest absolute Gasteiger partial charge is 0.454 e. The summed E-state index contributed by atoms with van der Waals surface area (Å²) in [6, 6.07) is -0.534. The van der Waals surface area contributed by atoms with Gasteiger partial charge >= 0.3 is 5.97 Å². The summed E-state index contributed by atoms with van der Waals surface area (Å²) in [6.45, 7) is 3.29. The van der Waals surface area contributed by atoms with E-state index in [1.54, 1.807) is 6.08 Å². The normalized spacial score (nSPS) is 23.8. The zero-order valence-corrected chi connectivity index (χ0v) is 6.00. The van der Waals surface area contributed by atoms with Crippen molar-refractivity contribution in [3.05, 3.63) is 12.7 Å². The quantitative estimate of drug-likeness (QED) is 0.436. The highest BCUT2D eigenvalue weighted by Gasteiger charge is 2.26. The lowest BCUT2D eigenvalue weighted by atomic mass is 10.2. The third-order valence-corrected chi connectivity index (χ3v) is 1.37. The maximum atomic E-state index is 10.8. The van der Waals surface area contributed by atoms with Crippen LogP contribution in [0.15, 0.2) is 12.7 Å². The van der Waals surface area contributed by atoms with E-state index in [-0.39, 0.29) is 18.5 Å². The van der Waals surface area contributed by atoms with Gasteiger partial charge in [-0.1, -0.05) is 6.08 Å². The molecule has 1 amide bonds. The van der Waals surface area contributed by atoms with Crippen LogP contribution in [-0.4, -0.2) is 24.5 Å². The highest BCUT2D eigenvalue weighted by atomic mass is 16.5. The number of rotatable bonds is 2. The molecule has 0 bridgehead atoms. The number of morpholine rings is 1. The Morgan fingerprint density at radius 1 is 1.73 bits per heavy atom. The summed E-state index contributed by atoms with van der Waals surface area (Å²) in [7, 11) is 0. The van der Waals surface area contributed by atoms with Gasteiger partial charge in [0.25, 0.3) is 5.91 Å². The molecule has 1 saturated heterocycles. The van der Waals surface area contributed by atoms with E-state index in [1.807, 2.05) is 0 Å². The molecule has 0 aromatic heterocycles. The molecule has 0 aromatic rings. The topological polar surface area (TPSA) is 55.4 Å². The molecule has 60 valence electrons. The van der Waals surface area contributed by atoms with Crippen LogP contribution >= 0.6 is 0 Å². The zero-order valence-electron chi connectivity index (χ0n) is 6.00. The van der Waals surface area contributed by atoms with Crippen LogP contribution in [0.3, 0.4) is 0 Å². The predicted molar refractivity (Wildman–Crippen MR) is 37.7 cm³/mol. The lowest BCUT2D eigenvalue weighted by Crippen LogP contribution is -2.48. The molecule has 11 heavy (non-hydrogen) atoms. The monoisotopic (exact) mass is 155 g/mol.